The molecule has 2 aromatic carbocycles. The fourth-order valence-electron chi connectivity index (χ4n) is 2.28. The third kappa shape index (κ3) is 4.83. The maximum atomic E-state index is 12.2. The summed E-state index contributed by atoms with van der Waals surface area (Å²) >= 11 is 1.24. The minimum atomic E-state index is -0.169. The number of carbonyl (C=O) groups excluding carboxylic acids is 1. The van der Waals surface area contributed by atoms with Gasteiger partial charge in [-0.15, -0.1) is 5.10 Å². The van der Waals surface area contributed by atoms with Gasteiger partial charge in [-0.3, -0.25) is 4.79 Å². The van der Waals surface area contributed by atoms with Gasteiger partial charge in [0.25, 0.3) is 0 Å². The van der Waals surface area contributed by atoms with Crippen LogP contribution in [0.2, 0.25) is 0 Å². The van der Waals surface area contributed by atoms with Crippen molar-refractivity contribution in [3.63, 3.8) is 0 Å². The van der Waals surface area contributed by atoms with Crippen LogP contribution in [0.1, 0.15) is 5.56 Å². The summed E-state index contributed by atoms with van der Waals surface area (Å²) in [5.74, 6) is 0.731. The third-order valence-electron chi connectivity index (χ3n) is 3.61. The number of amides is 1. The number of ether oxygens (including phenoxy) is 1. The Bertz CT molecular complexity index is 947. The van der Waals surface area contributed by atoms with Crippen LogP contribution in [0.3, 0.4) is 0 Å². The summed E-state index contributed by atoms with van der Waals surface area (Å²) in [5.41, 5.74) is 2.36. The van der Waals surface area contributed by atoms with Crippen molar-refractivity contribution in [2.24, 2.45) is 0 Å². The van der Waals surface area contributed by atoms with Crippen LogP contribution in [-0.4, -0.2) is 39.0 Å². The monoisotopic (exact) mass is 380 g/mol. The number of nitriles is 1. The number of methoxy groups -OCH3 is 1. The smallest absolute Gasteiger partial charge is 0.234 e. The van der Waals surface area contributed by atoms with E-state index in [9.17, 15) is 4.79 Å². The zero-order chi connectivity index (χ0) is 19.1. The second-order valence-electron chi connectivity index (χ2n) is 5.44. The van der Waals surface area contributed by atoms with E-state index in [0.29, 0.717) is 17.3 Å². The minimum absolute atomic E-state index is 0.163. The molecule has 136 valence electrons. The lowest BCUT2D eigenvalue weighted by molar-refractivity contribution is -0.113. The predicted octanol–water partition coefficient (Wildman–Crippen LogP) is 2.47. The minimum Gasteiger partial charge on any atom is -0.497 e. The molecule has 0 aliphatic carbocycles. The number of hydrogen-bond acceptors (Lipinski definition) is 7. The Morgan fingerprint density at radius 1 is 1.22 bits per heavy atom. The van der Waals surface area contributed by atoms with Crippen molar-refractivity contribution in [3.05, 3.63) is 54.1 Å². The molecule has 0 saturated heterocycles. The van der Waals surface area contributed by atoms with Gasteiger partial charge in [-0.2, -0.15) is 9.94 Å². The largest absolute Gasteiger partial charge is 0.497 e. The van der Waals surface area contributed by atoms with Crippen LogP contribution in [0, 0.1) is 11.3 Å². The van der Waals surface area contributed by atoms with Gasteiger partial charge >= 0.3 is 0 Å². The molecule has 1 aromatic heterocycles. The molecule has 3 aromatic rings. The average Bonchev–Trinajstić information content (AvgIpc) is 3.17. The van der Waals surface area contributed by atoms with Crippen LogP contribution in [0.5, 0.6) is 5.75 Å². The molecule has 0 fully saturated rings. The number of anilines is 1. The summed E-state index contributed by atoms with van der Waals surface area (Å²) in [6.45, 7) is 0. The first-order chi connectivity index (χ1) is 13.2. The number of hydrogen-bond donors (Lipinski definition) is 1. The van der Waals surface area contributed by atoms with E-state index in [1.807, 2.05) is 36.4 Å². The van der Waals surface area contributed by atoms with Crippen LogP contribution in [0.15, 0.2) is 53.7 Å². The van der Waals surface area contributed by atoms with Gasteiger partial charge in [0, 0.05) is 5.69 Å². The van der Waals surface area contributed by atoms with Crippen molar-refractivity contribution in [2.75, 3.05) is 18.2 Å². The van der Waals surface area contributed by atoms with Crippen molar-refractivity contribution >= 4 is 23.4 Å². The Hall–Kier alpha value is -3.38. The van der Waals surface area contributed by atoms with Gasteiger partial charge in [-0.25, -0.2) is 0 Å². The Kier molecular flexibility index (Phi) is 6.02. The molecule has 27 heavy (non-hydrogen) atoms. The highest BCUT2D eigenvalue weighted by atomic mass is 32.2. The summed E-state index contributed by atoms with van der Waals surface area (Å²) < 4.78 is 6.70. The Morgan fingerprint density at radius 3 is 2.63 bits per heavy atom. The first-order valence-corrected chi connectivity index (χ1v) is 8.99. The number of nitrogens with zero attached hydrogens (tertiary/aromatic N) is 5. The van der Waals surface area contributed by atoms with Gasteiger partial charge in [0.15, 0.2) is 0 Å². The topological polar surface area (TPSA) is 106 Å². The van der Waals surface area contributed by atoms with Crippen molar-refractivity contribution in [3.8, 4) is 17.5 Å². The highest BCUT2D eigenvalue weighted by molar-refractivity contribution is 7.99. The van der Waals surface area contributed by atoms with Crippen molar-refractivity contribution in [1.29, 1.82) is 5.26 Å². The first kappa shape index (κ1) is 18.4. The lowest BCUT2D eigenvalue weighted by atomic mass is 10.1. The van der Waals surface area contributed by atoms with Crippen molar-refractivity contribution in [1.82, 2.24) is 20.2 Å². The molecule has 0 aliphatic heterocycles. The standard InChI is InChI=1S/C18H16N6O2S/c1-26-16-8-6-15(7-9-16)24-18(21-22-23-24)27-12-17(25)20-14-4-2-13(3-5-14)10-11-19/h2-9H,10,12H2,1H3,(H,20,25). The van der Waals surface area contributed by atoms with Gasteiger partial charge in [0.2, 0.25) is 11.1 Å². The summed E-state index contributed by atoms with van der Waals surface area (Å²) in [7, 11) is 1.60. The molecule has 0 spiro atoms. The van der Waals surface area contributed by atoms with Crippen LogP contribution >= 0.6 is 11.8 Å². The van der Waals surface area contributed by atoms with Crippen LogP contribution in [-0.2, 0) is 11.2 Å². The number of rotatable bonds is 7. The molecule has 1 N–H and O–H groups in total. The van der Waals surface area contributed by atoms with Gasteiger partial charge in [-0.05, 0) is 52.4 Å². The predicted molar refractivity (Wildman–Crippen MR) is 101 cm³/mol. The van der Waals surface area contributed by atoms with E-state index in [-0.39, 0.29) is 11.7 Å². The van der Waals surface area contributed by atoms with E-state index in [4.69, 9.17) is 10.00 Å². The zero-order valence-corrected chi connectivity index (χ0v) is 15.3. The van der Waals surface area contributed by atoms with Crippen LogP contribution < -0.4 is 10.1 Å². The Balaban J connectivity index is 1.59. The molecular formula is C18H16N6O2S. The SMILES string of the molecule is COc1ccc(-n2nnnc2SCC(=O)Nc2ccc(CC#N)cc2)cc1. The third-order valence-corrected chi connectivity index (χ3v) is 4.53. The first-order valence-electron chi connectivity index (χ1n) is 8.01. The molecule has 1 heterocycles. The molecule has 0 atom stereocenters. The van der Waals surface area contributed by atoms with E-state index in [1.54, 1.807) is 23.9 Å². The van der Waals surface area contributed by atoms with Gasteiger partial charge in [-0.1, -0.05) is 23.9 Å². The lowest BCUT2D eigenvalue weighted by Crippen LogP contribution is -2.14. The number of thioether (sulfide) groups is 1. The normalized spacial score (nSPS) is 10.2. The van der Waals surface area contributed by atoms with E-state index < -0.39 is 0 Å². The Labute approximate surface area is 160 Å². The van der Waals surface area contributed by atoms with Gasteiger partial charge in [0.05, 0.1) is 31.0 Å². The number of aromatic nitrogens is 4. The van der Waals surface area contributed by atoms with E-state index >= 15 is 0 Å². The molecular weight excluding hydrogens is 364 g/mol. The number of nitrogens with one attached hydrogen (secondary N) is 1. The highest BCUT2D eigenvalue weighted by Gasteiger charge is 2.12. The molecule has 0 aliphatic rings. The van der Waals surface area contributed by atoms with E-state index in [1.165, 1.54) is 11.8 Å². The number of carbonyl (C=O) groups is 1. The van der Waals surface area contributed by atoms with Crippen LogP contribution in [0.4, 0.5) is 5.69 Å². The zero-order valence-electron chi connectivity index (χ0n) is 14.5. The summed E-state index contributed by atoms with van der Waals surface area (Å²) in [5, 5.41) is 23.6. The fraction of sp³-hybridized carbons (Fsp3) is 0.167. The quantitative estimate of drug-likeness (QED) is 0.628. The second kappa shape index (κ2) is 8.82. The summed E-state index contributed by atoms with van der Waals surface area (Å²) in [6.07, 6.45) is 0.345. The molecule has 8 nitrogen and oxygen atoms in total. The molecule has 9 heteroatoms. The Morgan fingerprint density at radius 2 is 1.96 bits per heavy atom. The lowest BCUT2D eigenvalue weighted by Gasteiger charge is -2.07. The maximum absolute atomic E-state index is 12.2. The van der Waals surface area contributed by atoms with Gasteiger partial charge in [0.1, 0.15) is 5.75 Å². The second-order valence-corrected chi connectivity index (χ2v) is 6.38. The average molecular weight is 380 g/mol. The number of benzene rings is 2. The van der Waals surface area contributed by atoms with E-state index in [2.05, 4.69) is 26.9 Å². The van der Waals surface area contributed by atoms with Crippen molar-refractivity contribution in [2.45, 2.75) is 11.6 Å². The molecule has 0 unspecified atom stereocenters. The maximum Gasteiger partial charge on any atom is 0.234 e. The highest BCUT2D eigenvalue weighted by Crippen LogP contribution is 2.20. The van der Waals surface area contributed by atoms with Crippen molar-refractivity contribution < 1.29 is 9.53 Å². The fourth-order valence-corrected chi connectivity index (χ4v) is 2.97. The molecule has 0 saturated carbocycles. The molecule has 3 rings (SSSR count). The van der Waals surface area contributed by atoms with Gasteiger partial charge < -0.3 is 10.1 Å². The molecule has 1 amide bonds. The molecule has 0 bridgehead atoms. The summed E-state index contributed by atoms with van der Waals surface area (Å²) in [6, 6.07) is 16.6. The van der Waals surface area contributed by atoms with E-state index in [0.717, 1.165) is 17.0 Å². The van der Waals surface area contributed by atoms with Crippen LogP contribution in [0.25, 0.3) is 5.69 Å². The summed E-state index contributed by atoms with van der Waals surface area (Å²) in [4.78, 5) is 12.2. The number of tetrazole rings is 1. The molecule has 0 radical (unpaired) electrons.